The van der Waals surface area contributed by atoms with Gasteiger partial charge < -0.3 is 39.9 Å². The smallest absolute Gasteiger partial charge is 0.462 e. The number of aliphatic hydroxyl groups is 5. The Morgan fingerprint density at radius 2 is 1.00 bits per heavy atom. The van der Waals surface area contributed by atoms with Crippen LogP contribution < -0.4 is 0 Å². The molecule has 6 unspecified atom stereocenters. The number of phosphoric ester groups is 1. The van der Waals surface area contributed by atoms with Crippen molar-refractivity contribution in [2.75, 3.05) is 13.2 Å². The Labute approximate surface area is 376 Å². The minimum Gasteiger partial charge on any atom is -0.462 e. The number of unbranched alkanes of at least 4 members (excludes halogenated alkanes) is 8. The van der Waals surface area contributed by atoms with Crippen LogP contribution in [0.4, 0.5) is 0 Å². The van der Waals surface area contributed by atoms with Gasteiger partial charge in [-0.1, -0.05) is 155 Å². The van der Waals surface area contributed by atoms with Gasteiger partial charge in [0.05, 0.1) is 6.61 Å². The summed E-state index contributed by atoms with van der Waals surface area (Å²) in [5.74, 6) is -1.24. The third-order valence-electron chi connectivity index (χ3n) is 9.71. The number of carbonyl (C=O) groups is 2. The van der Waals surface area contributed by atoms with E-state index in [1.807, 2.05) is 54.7 Å². The maximum Gasteiger partial charge on any atom is 0.472 e. The van der Waals surface area contributed by atoms with E-state index in [0.717, 1.165) is 64.2 Å². The summed E-state index contributed by atoms with van der Waals surface area (Å²) in [5, 5.41) is 50.1. The van der Waals surface area contributed by atoms with E-state index in [2.05, 4.69) is 68.5 Å². The largest absolute Gasteiger partial charge is 0.472 e. The van der Waals surface area contributed by atoms with Crippen LogP contribution >= 0.6 is 7.82 Å². The van der Waals surface area contributed by atoms with Crippen molar-refractivity contribution in [2.45, 2.75) is 172 Å². The number of ether oxygens (including phenoxy) is 2. The molecule has 1 saturated carbocycles. The molecule has 1 aliphatic carbocycles. The van der Waals surface area contributed by atoms with Gasteiger partial charge in [-0.2, -0.15) is 0 Å². The lowest BCUT2D eigenvalue weighted by Crippen LogP contribution is -2.64. The van der Waals surface area contributed by atoms with Crippen molar-refractivity contribution in [1.29, 1.82) is 0 Å². The van der Waals surface area contributed by atoms with E-state index < -0.39 is 75.7 Å². The number of rotatable bonds is 35. The van der Waals surface area contributed by atoms with E-state index in [1.165, 1.54) is 19.3 Å². The van der Waals surface area contributed by atoms with Crippen LogP contribution in [-0.2, 0) is 32.7 Å². The maximum atomic E-state index is 12.8. The van der Waals surface area contributed by atoms with Crippen LogP contribution in [0.3, 0.4) is 0 Å². The molecular weight excluding hydrogens is 828 g/mol. The zero-order valence-corrected chi connectivity index (χ0v) is 38.5. The van der Waals surface area contributed by atoms with Crippen LogP contribution in [0.25, 0.3) is 0 Å². The zero-order valence-electron chi connectivity index (χ0n) is 37.6. The van der Waals surface area contributed by atoms with Crippen molar-refractivity contribution in [3.63, 3.8) is 0 Å². The monoisotopic (exact) mass is 905 g/mol. The molecule has 14 heteroatoms. The summed E-state index contributed by atoms with van der Waals surface area (Å²) in [6.07, 6.45) is 38.7. The standard InChI is InChI=1S/C49H77O13P/c1-3-5-7-9-11-13-15-17-19-20-21-22-24-25-27-29-31-33-35-37-42(50)59-39-41(40-60-63(57,58)62-49-47(55)45(53)44(52)46(54)48(49)56)61-43(51)38-36-34-32-30-28-26-23-18-16-14-12-10-8-6-4-2/h6,8,10-14,16-19,21-23,25,27,31,33,41,44-49,52-56H,3-5,7,9,15,20,24,26,28-30,32,34-40H2,1-2H3,(H,57,58)/b8-6+,12-10+,13-11+,16-14+,19-17+,22-21+,23-18+,27-25+,33-31+/t41-,44?,45-,46?,47?,48?,49?/m0/s1. The molecule has 0 saturated heterocycles. The number of aliphatic hydroxyl groups excluding tert-OH is 5. The fourth-order valence-electron chi connectivity index (χ4n) is 6.04. The van der Waals surface area contributed by atoms with Crippen molar-refractivity contribution >= 4 is 19.8 Å². The predicted molar refractivity (Wildman–Crippen MR) is 248 cm³/mol. The molecule has 6 N–H and O–H groups in total. The molecule has 1 rings (SSSR count). The third kappa shape index (κ3) is 30.3. The van der Waals surface area contributed by atoms with Crippen LogP contribution in [0.15, 0.2) is 109 Å². The average molecular weight is 905 g/mol. The molecule has 0 aromatic heterocycles. The normalized spacial score (nSPS) is 22.7. The summed E-state index contributed by atoms with van der Waals surface area (Å²) in [4.78, 5) is 35.6. The molecule has 356 valence electrons. The van der Waals surface area contributed by atoms with E-state index in [4.69, 9.17) is 18.5 Å². The summed E-state index contributed by atoms with van der Waals surface area (Å²) in [7, 11) is -5.15. The Balaban J connectivity index is 2.55. The number of phosphoric acid groups is 1. The van der Waals surface area contributed by atoms with Crippen molar-refractivity contribution < 1.29 is 63.1 Å². The molecule has 0 bridgehead atoms. The summed E-state index contributed by atoms with van der Waals surface area (Å²) in [6, 6.07) is 0. The zero-order chi connectivity index (χ0) is 46.4. The van der Waals surface area contributed by atoms with Crippen LogP contribution in [0.1, 0.15) is 129 Å². The molecular formula is C49H77O13P. The number of allylic oxidation sites excluding steroid dienone is 18. The number of carbonyl (C=O) groups excluding carboxylic acids is 2. The van der Waals surface area contributed by atoms with Crippen molar-refractivity contribution in [2.24, 2.45) is 0 Å². The van der Waals surface area contributed by atoms with Gasteiger partial charge >= 0.3 is 19.8 Å². The first kappa shape index (κ1) is 57.5. The highest BCUT2D eigenvalue weighted by atomic mass is 31.2. The topological polar surface area (TPSA) is 210 Å². The summed E-state index contributed by atoms with van der Waals surface area (Å²) >= 11 is 0. The Kier molecular flexibility index (Phi) is 34.6. The second kappa shape index (κ2) is 37.8. The molecule has 0 heterocycles. The molecule has 8 atom stereocenters. The minimum atomic E-state index is -5.15. The third-order valence-corrected chi connectivity index (χ3v) is 10.7. The van der Waals surface area contributed by atoms with Crippen molar-refractivity contribution in [3.8, 4) is 0 Å². The van der Waals surface area contributed by atoms with Gasteiger partial charge in [-0.15, -0.1) is 0 Å². The Morgan fingerprint density at radius 3 is 1.59 bits per heavy atom. The van der Waals surface area contributed by atoms with Crippen LogP contribution in [0.5, 0.6) is 0 Å². The van der Waals surface area contributed by atoms with Gasteiger partial charge in [0.1, 0.15) is 43.2 Å². The molecule has 0 aromatic rings. The summed E-state index contributed by atoms with van der Waals surface area (Å²) < 4.78 is 33.4. The molecule has 0 aliphatic heterocycles. The molecule has 0 aromatic carbocycles. The molecule has 13 nitrogen and oxygen atoms in total. The van der Waals surface area contributed by atoms with Crippen LogP contribution in [-0.4, -0.2) is 98.3 Å². The molecule has 0 spiro atoms. The van der Waals surface area contributed by atoms with Gasteiger partial charge in [0.2, 0.25) is 0 Å². The van der Waals surface area contributed by atoms with Gasteiger partial charge in [0, 0.05) is 12.8 Å². The van der Waals surface area contributed by atoms with E-state index >= 15 is 0 Å². The second-order valence-corrected chi connectivity index (χ2v) is 16.7. The van der Waals surface area contributed by atoms with Gasteiger partial charge in [-0.05, 0) is 70.6 Å². The first-order valence-corrected chi connectivity index (χ1v) is 24.2. The Morgan fingerprint density at radius 1 is 0.524 bits per heavy atom. The highest BCUT2D eigenvalue weighted by Crippen LogP contribution is 2.47. The molecule has 1 aliphatic rings. The average Bonchev–Trinajstić information content (AvgIpc) is 3.26. The quantitative estimate of drug-likeness (QED) is 0.0116. The van der Waals surface area contributed by atoms with Gasteiger partial charge in [0.15, 0.2) is 6.10 Å². The van der Waals surface area contributed by atoms with Crippen LogP contribution in [0, 0.1) is 0 Å². The fraction of sp³-hybridized carbons (Fsp3) is 0.592. The van der Waals surface area contributed by atoms with E-state index in [0.29, 0.717) is 19.3 Å². The van der Waals surface area contributed by atoms with Crippen LogP contribution in [0.2, 0.25) is 0 Å². The van der Waals surface area contributed by atoms with Gasteiger partial charge in [-0.25, -0.2) is 4.57 Å². The Hall–Kier alpha value is -3.49. The SMILES string of the molecule is CC/C=C/C=C/C=C/C=C/CCCCCCCC(=O)O[C@@H](COC(=O)CC/C=C/C/C=C/C/C=C/C/C=C/C/C=C/CCCCC)COP(=O)(O)OC1C(O)C(O)C(O)[C@H](O)C1O. The van der Waals surface area contributed by atoms with Gasteiger partial charge in [-0.3, -0.25) is 18.6 Å². The number of esters is 2. The lowest BCUT2D eigenvalue weighted by atomic mass is 9.85. The second-order valence-electron chi connectivity index (χ2n) is 15.3. The van der Waals surface area contributed by atoms with E-state index in [-0.39, 0.29) is 12.8 Å². The summed E-state index contributed by atoms with van der Waals surface area (Å²) in [6.45, 7) is 3.02. The predicted octanol–water partition coefficient (Wildman–Crippen LogP) is 8.83. The Bertz CT molecular complexity index is 1510. The maximum absolute atomic E-state index is 12.8. The van der Waals surface area contributed by atoms with Crippen molar-refractivity contribution in [3.05, 3.63) is 109 Å². The lowest BCUT2D eigenvalue weighted by molar-refractivity contribution is -0.220. The molecule has 0 amide bonds. The summed E-state index contributed by atoms with van der Waals surface area (Å²) in [5.41, 5.74) is 0. The molecule has 0 radical (unpaired) electrons. The van der Waals surface area contributed by atoms with E-state index in [1.54, 1.807) is 0 Å². The first-order valence-electron chi connectivity index (χ1n) is 22.7. The van der Waals surface area contributed by atoms with Gasteiger partial charge in [0.25, 0.3) is 0 Å². The minimum absolute atomic E-state index is 0.0307. The fourth-order valence-corrected chi connectivity index (χ4v) is 7.02. The van der Waals surface area contributed by atoms with Crippen molar-refractivity contribution in [1.82, 2.24) is 0 Å². The lowest BCUT2D eigenvalue weighted by Gasteiger charge is -2.41. The number of hydrogen-bond donors (Lipinski definition) is 6. The molecule has 1 fully saturated rings. The van der Waals surface area contributed by atoms with E-state index in [9.17, 15) is 44.6 Å². The first-order chi connectivity index (χ1) is 30.4. The molecule has 63 heavy (non-hydrogen) atoms. The number of hydrogen-bond acceptors (Lipinski definition) is 12. The highest BCUT2D eigenvalue weighted by molar-refractivity contribution is 7.47. The highest BCUT2D eigenvalue weighted by Gasteiger charge is 2.51.